The fourth-order valence-electron chi connectivity index (χ4n) is 1.30. The number of carboxylic acids is 1. The fourth-order valence-corrected chi connectivity index (χ4v) is 1.30. The number of hydrogen-bond acceptors (Lipinski definition) is 4. The van der Waals surface area contributed by atoms with Gasteiger partial charge in [-0.25, -0.2) is 9.78 Å². The van der Waals surface area contributed by atoms with Gasteiger partial charge in [0, 0.05) is 12.3 Å². The van der Waals surface area contributed by atoms with Crippen LogP contribution in [-0.4, -0.2) is 29.8 Å². The molecule has 0 spiro atoms. The third-order valence-corrected chi connectivity index (χ3v) is 2.23. The highest BCUT2D eigenvalue weighted by Gasteiger charge is 2.17. The second-order valence-corrected chi connectivity index (χ2v) is 4.03. The lowest BCUT2D eigenvalue weighted by Crippen LogP contribution is -2.07. The lowest BCUT2D eigenvalue weighted by Gasteiger charge is -2.12. The zero-order valence-electron chi connectivity index (χ0n) is 10.3. The molecule has 5 heteroatoms. The van der Waals surface area contributed by atoms with Crippen molar-refractivity contribution >= 4 is 5.97 Å². The number of aromatic nitrogens is 1. The van der Waals surface area contributed by atoms with Crippen LogP contribution in [0.4, 0.5) is 0 Å². The SMILES string of the molecule is COc1c(OCCC(C)C)ccnc1C(=O)O. The standard InChI is InChI=1S/C12H17NO4/c1-8(2)5-7-17-9-4-6-13-10(12(14)15)11(9)16-3/h4,6,8H,5,7H2,1-3H3,(H,14,15). The number of nitrogens with zero attached hydrogens (tertiary/aromatic N) is 1. The van der Waals surface area contributed by atoms with Crippen LogP contribution >= 0.6 is 0 Å². The van der Waals surface area contributed by atoms with Crippen LogP contribution in [-0.2, 0) is 0 Å². The van der Waals surface area contributed by atoms with Gasteiger partial charge < -0.3 is 14.6 Å². The minimum Gasteiger partial charge on any atom is -0.491 e. The summed E-state index contributed by atoms with van der Waals surface area (Å²) in [5.74, 6) is -0.0118. The summed E-state index contributed by atoms with van der Waals surface area (Å²) in [6.07, 6.45) is 2.30. The van der Waals surface area contributed by atoms with Gasteiger partial charge in [-0.15, -0.1) is 0 Å². The first-order chi connectivity index (χ1) is 8.06. The molecular formula is C12H17NO4. The monoisotopic (exact) mass is 239 g/mol. The number of pyridine rings is 1. The molecule has 1 aromatic rings. The van der Waals surface area contributed by atoms with Crippen molar-refractivity contribution in [3.63, 3.8) is 0 Å². The van der Waals surface area contributed by atoms with E-state index in [2.05, 4.69) is 18.8 Å². The van der Waals surface area contributed by atoms with Gasteiger partial charge in [-0.3, -0.25) is 0 Å². The summed E-state index contributed by atoms with van der Waals surface area (Å²) in [4.78, 5) is 14.7. The highest BCUT2D eigenvalue weighted by molar-refractivity contribution is 5.89. The largest absolute Gasteiger partial charge is 0.491 e. The normalized spacial score (nSPS) is 10.4. The topological polar surface area (TPSA) is 68.7 Å². The molecule has 0 atom stereocenters. The Labute approximate surface area is 100 Å². The molecule has 5 nitrogen and oxygen atoms in total. The molecule has 1 heterocycles. The van der Waals surface area contributed by atoms with Gasteiger partial charge in [0.25, 0.3) is 0 Å². The first-order valence-electron chi connectivity index (χ1n) is 5.45. The van der Waals surface area contributed by atoms with Crippen molar-refractivity contribution in [3.05, 3.63) is 18.0 Å². The smallest absolute Gasteiger partial charge is 0.358 e. The van der Waals surface area contributed by atoms with E-state index in [0.29, 0.717) is 18.3 Å². The predicted molar refractivity (Wildman–Crippen MR) is 62.7 cm³/mol. The van der Waals surface area contributed by atoms with E-state index in [-0.39, 0.29) is 11.4 Å². The van der Waals surface area contributed by atoms with Crippen molar-refractivity contribution in [1.29, 1.82) is 0 Å². The van der Waals surface area contributed by atoms with E-state index in [1.807, 2.05) is 0 Å². The highest BCUT2D eigenvalue weighted by Crippen LogP contribution is 2.29. The van der Waals surface area contributed by atoms with Crippen molar-refractivity contribution in [2.45, 2.75) is 20.3 Å². The van der Waals surface area contributed by atoms with Gasteiger partial charge in [-0.1, -0.05) is 13.8 Å². The lowest BCUT2D eigenvalue weighted by atomic mass is 10.1. The third-order valence-electron chi connectivity index (χ3n) is 2.23. The zero-order chi connectivity index (χ0) is 12.8. The molecule has 1 rings (SSSR count). The van der Waals surface area contributed by atoms with Crippen LogP contribution in [0.15, 0.2) is 12.3 Å². The minimum absolute atomic E-state index is 0.130. The van der Waals surface area contributed by atoms with Crippen LogP contribution in [0.5, 0.6) is 11.5 Å². The van der Waals surface area contributed by atoms with Crippen LogP contribution in [0.1, 0.15) is 30.8 Å². The van der Waals surface area contributed by atoms with Gasteiger partial charge in [-0.05, 0) is 12.3 Å². The van der Waals surface area contributed by atoms with Gasteiger partial charge in [0.15, 0.2) is 17.2 Å². The van der Waals surface area contributed by atoms with E-state index in [4.69, 9.17) is 14.6 Å². The number of ether oxygens (including phenoxy) is 2. The summed E-state index contributed by atoms with van der Waals surface area (Å²) >= 11 is 0. The van der Waals surface area contributed by atoms with Crippen LogP contribution < -0.4 is 9.47 Å². The molecule has 0 saturated carbocycles. The van der Waals surface area contributed by atoms with Gasteiger partial charge in [0.1, 0.15) is 0 Å². The molecule has 0 aromatic carbocycles. The average Bonchev–Trinajstić information content (AvgIpc) is 2.28. The number of carbonyl (C=O) groups is 1. The maximum absolute atomic E-state index is 10.9. The van der Waals surface area contributed by atoms with E-state index in [0.717, 1.165) is 6.42 Å². The molecule has 17 heavy (non-hydrogen) atoms. The van der Waals surface area contributed by atoms with Crippen molar-refractivity contribution in [1.82, 2.24) is 4.98 Å². The maximum atomic E-state index is 10.9. The third kappa shape index (κ3) is 3.62. The van der Waals surface area contributed by atoms with Crippen molar-refractivity contribution in [3.8, 4) is 11.5 Å². The first kappa shape index (κ1) is 13.3. The second kappa shape index (κ2) is 6.08. The van der Waals surface area contributed by atoms with Crippen LogP contribution in [0, 0.1) is 5.92 Å². The summed E-state index contributed by atoms with van der Waals surface area (Å²) in [7, 11) is 1.40. The number of aromatic carboxylic acids is 1. The molecule has 0 aliphatic rings. The molecule has 0 fully saturated rings. The predicted octanol–water partition coefficient (Wildman–Crippen LogP) is 2.21. The van der Waals surface area contributed by atoms with Gasteiger partial charge >= 0.3 is 5.97 Å². The molecule has 1 aromatic heterocycles. The average molecular weight is 239 g/mol. The van der Waals surface area contributed by atoms with Gasteiger partial charge in [0.2, 0.25) is 0 Å². The van der Waals surface area contributed by atoms with Gasteiger partial charge in [0.05, 0.1) is 13.7 Å². The van der Waals surface area contributed by atoms with E-state index in [1.54, 1.807) is 6.07 Å². The fraction of sp³-hybridized carbons (Fsp3) is 0.500. The molecular weight excluding hydrogens is 222 g/mol. The van der Waals surface area contributed by atoms with Crippen molar-refractivity contribution in [2.75, 3.05) is 13.7 Å². The Bertz CT molecular complexity index is 390. The minimum atomic E-state index is -1.13. The van der Waals surface area contributed by atoms with Crippen LogP contribution in [0.3, 0.4) is 0 Å². The molecule has 1 N–H and O–H groups in total. The Balaban J connectivity index is 2.84. The quantitative estimate of drug-likeness (QED) is 0.824. The number of carboxylic acid groups (broad SMARTS) is 1. The molecule has 0 amide bonds. The molecule has 94 valence electrons. The summed E-state index contributed by atoms with van der Waals surface area (Å²) in [5, 5.41) is 8.94. The molecule has 0 saturated heterocycles. The summed E-state index contributed by atoms with van der Waals surface area (Å²) < 4.78 is 10.5. The summed E-state index contributed by atoms with van der Waals surface area (Å²) in [5.41, 5.74) is -0.130. The molecule has 0 unspecified atom stereocenters. The van der Waals surface area contributed by atoms with E-state index >= 15 is 0 Å². The van der Waals surface area contributed by atoms with E-state index in [1.165, 1.54) is 13.3 Å². The van der Waals surface area contributed by atoms with Crippen LogP contribution in [0.2, 0.25) is 0 Å². The second-order valence-electron chi connectivity index (χ2n) is 4.03. The number of methoxy groups -OCH3 is 1. The maximum Gasteiger partial charge on any atom is 0.358 e. The molecule has 0 aliphatic heterocycles. The number of hydrogen-bond donors (Lipinski definition) is 1. The lowest BCUT2D eigenvalue weighted by molar-refractivity contribution is 0.0685. The Hall–Kier alpha value is -1.78. The van der Waals surface area contributed by atoms with E-state index in [9.17, 15) is 4.79 Å². The summed E-state index contributed by atoms with van der Waals surface area (Å²) in [6.45, 7) is 4.71. The van der Waals surface area contributed by atoms with Crippen LogP contribution in [0.25, 0.3) is 0 Å². The molecule has 0 bridgehead atoms. The molecule has 0 radical (unpaired) electrons. The van der Waals surface area contributed by atoms with Gasteiger partial charge in [-0.2, -0.15) is 0 Å². The number of rotatable bonds is 6. The summed E-state index contributed by atoms with van der Waals surface area (Å²) in [6, 6.07) is 1.60. The Morgan fingerprint density at radius 2 is 2.24 bits per heavy atom. The molecule has 0 aliphatic carbocycles. The van der Waals surface area contributed by atoms with Crippen molar-refractivity contribution < 1.29 is 19.4 Å². The first-order valence-corrected chi connectivity index (χ1v) is 5.45. The Kier molecular flexibility index (Phi) is 4.75. The Morgan fingerprint density at radius 1 is 1.53 bits per heavy atom. The Morgan fingerprint density at radius 3 is 2.76 bits per heavy atom. The highest BCUT2D eigenvalue weighted by atomic mass is 16.5. The van der Waals surface area contributed by atoms with E-state index < -0.39 is 5.97 Å². The van der Waals surface area contributed by atoms with Crippen molar-refractivity contribution in [2.24, 2.45) is 5.92 Å². The zero-order valence-corrected chi connectivity index (χ0v) is 10.3.